The summed E-state index contributed by atoms with van der Waals surface area (Å²) in [6.07, 6.45) is 1.06. The van der Waals surface area contributed by atoms with Crippen LogP contribution in [0.2, 0.25) is 0 Å². The summed E-state index contributed by atoms with van der Waals surface area (Å²) in [4.78, 5) is 17.9. The van der Waals surface area contributed by atoms with Crippen LogP contribution in [0.5, 0.6) is 0 Å². The van der Waals surface area contributed by atoms with Gasteiger partial charge in [-0.05, 0) is 62.4 Å². The van der Waals surface area contributed by atoms with Crippen molar-refractivity contribution < 1.29 is 19.8 Å². The van der Waals surface area contributed by atoms with Crippen LogP contribution in [0.1, 0.15) is 20.8 Å². The van der Waals surface area contributed by atoms with Crippen molar-refractivity contribution in [2.24, 2.45) is 0 Å². The maximum atomic E-state index is 9.00. The summed E-state index contributed by atoms with van der Waals surface area (Å²) >= 11 is 0. The molecule has 0 radical (unpaired) electrons. The van der Waals surface area contributed by atoms with Gasteiger partial charge in [-0.2, -0.15) is 0 Å². The zero-order valence-electron chi connectivity index (χ0n) is 21.5. The van der Waals surface area contributed by atoms with E-state index in [4.69, 9.17) is 19.8 Å². The summed E-state index contributed by atoms with van der Waals surface area (Å²) in [6, 6.07) is 44.1. The van der Waals surface area contributed by atoms with Crippen molar-refractivity contribution in [1.82, 2.24) is 0 Å². The first kappa shape index (κ1) is 29.3. The molecule has 0 bridgehead atoms. The van der Waals surface area contributed by atoms with Crippen LogP contribution in [0.15, 0.2) is 121 Å². The summed E-state index contributed by atoms with van der Waals surface area (Å²) in [6.45, 7) is 4.36. The minimum Gasteiger partial charge on any atom is -0.550 e. The van der Waals surface area contributed by atoms with Gasteiger partial charge in [-0.15, -0.1) is 0 Å². The van der Waals surface area contributed by atoms with Crippen molar-refractivity contribution in [2.45, 2.75) is 26.8 Å². The van der Waals surface area contributed by atoms with Crippen LogP contribution in [-0.2, 0) is 9.59 Å². The number of carboxylic acid groups (broad SMARTS) is 2. The standard InChI is InChI=1S/C27H27NP.2C2H4O2/c1-23(28-24-14-6-2-7-15-24)22-29(25-16-8-3-9-17-25,26-18-10-4-11-19-26)27-20-12-5-13-21-27;2*1-2(3)4/h2-21,23,28H,22H2,1H3;2*1H3,(H,3,4)/q+1;;/p-1. The molecule has 0 aliphatic rings. The fourth-order valence-electron chi connectivity index (χ4n) is 4.09. The number of carbonyl (C=O) groups is 2. The third-order valence-corrected chi connectivity index (χ3v) is 9.96. The van der Waals surface area contributed by atoms with Crippen LogP contribution in [0.3, 0.4) is 0 Å². The van der Waals surface area contributed by atoms with Crippen LogP contribution in [0, 0.1) is 0 Å². The number of rotatable bonds is 7. The summed E-state index contributed by atoms with van der Waals surface area (Å²) in [5.41, 5.74) is 1.17. The minimum atomic E-state index is -1.81. The molecule has 6 heteroatoms. The van der Waals surface area contributed by atoms with Gasteiger partial charge in [0.15, 0.2) is 0 Å². The van der Waals surface area contributed by atoms with Gasteiger partial charge in [0.05, 0.1) is 12.2 Å². The Hall–Kier alpha value is -3.95. The number of nitrogens with one attached hydrogen (secondary N) is 1. The van der Waals surface area contributed by atoms with Gasteiger partial charge in [-0.25, -0.2) is 0 Å². The first-order valence-corrected chi connectivity index (χ1v) is 14.0. The van der Waals surface area contributed by atoms with E-state index in [0.717, 1.165) is 20.0 Å². The number of hydrogen-bond acceptors (Lipinski definition) is 4. The molecule has 1 unspecified atom stereocenters. The molecule has 0 spiro atoms. The molecule has 1 atom stereocenters. The molecule has 37 heavy (non-hydrogen) atoms. The van der Waals surface area contributed by atoms with Gasteiger partial charge in [0.2, 0.25) is 0 Å². The molecule has 0 heterocycles. The molecule has 0 amide bonds. The van der Waals surface area contributed by atoms with Crippen LogP contribution in [0.25, 0.3) is 0 Å². The van der Waals surface area contributed by atoms with Crippen molar-refractivity contribution in [2.75, 3.05) is 11.5 Å². The highest BCUT2D eigenvalue weighted by molar-refractivity contribution is 7.95. The molecule has 0 saturated carbocycles. The van der Waals surface area contributed by atoms with Gasteiger partial charge in [0.25, 0.3) is 5.97 Å². The van der Waals surface area contributed by atoms with E-state index in [9.17, 15) is 0 Å². The maximum Gasteiger partial charge on any atom is 0.300 e. The fourth-order valence-corrected chi connectivity index (χ4v) is 8.57. The normalized spacial score (nSPS) is 11.0. The molecule has 4 rings (SSSR count). The molecule has 0 fully saturated rings. The van der Waals surface area contributed by atoms with Crippen molar-refractivity contribution in [3.05, 3.63) is 121 Å². The first-order chi connectivity index (χ1) is 17.8. The number of carbonyl (C=O) groups excluding carboxylic acids is 1. The van der Waals surface area contributed by atoms with E-state index in [0.29, 0.717) is 6.04 Å². The van der Waals surface area contributed by atoms with Gasteiger partial charge in [0.1, 0.15) is 23.2 Å². The highest BCUT2D eigenvalue weighted by Gasteiger charge is 2.46. The van der Waals surface area contributed by atoms with Gasteiger partial charge < -0.3 is 20.3 Å². The van der Waals surface area contributed by atoms with Gasteiger partial charge in [-0.1, -0.05) is 72.8 Å². The number of para-hydroxylation sites is 1. The van der Waals surface area contributed by atoms with Crippen molar-refractivity contribution >= 4 is 40.8 Å². The van der Waals surface area contributed by atoms with Crippen molar-refractivity contribution in [1.29, 1.82) is 0 Å². The van der Waals surface area contributed by atoms with Gasteiger partial charge in [-0.3, -0.25) is 4.79 Å². The van der Waals surface area contributed by atoms with Crippen LogP contribution >= 0.6 is 7.26 Å². The number of benzene rings is 4. The van der Waals surface area contributed by atoms with Gasteiger partial charge >= 0.3 is 0 Å². The molecule has 2 N–H and O–H groups in total. The van der Waals surface area contributed by atoms with E-state index in [-0.39, 0.29) is 0 Å². The quantitative estimate of drug-likeness (QED) is 0.358. The Kier molecular flexibility index (Phi) is 12.0. The molecule has 0 aliphatic heterocycles. The zero-order valence-corrected chi connectivity index (χ0v) is 22.3. The van der Waals surface area contributed by atoms with E-state index in [1.807, 2.05) is 0 Å². The zero-order chi connectivity index (χ0) is 27.1. The lowest BCUT2D eigenvalue weighted by Crippen LogP contribution is -2.38. The molecule has 0 aromatic heterocycles. The van der Waals surface area contributed by atoms with E-state index in [1.54, 1.807) is 0 Å². The average Bonchev–Trinajstić information content (AvgIpc) is 2.89. The predicted molar refractivity (Wildman–Crippen MR) is 154 cm³/mol. The van der Waals surface area contributed by atoms with E-state index in [1.165, 1.54) is 21.6 Å². The van der Waals surface area contributed by atoms with Crippen molar-refractivity contribution in [3.8, 4) is 0 Å². The van der Waals surface area contributed by atoms with Crippen molar-refractivity contribution in [3.63, 3.8) is 0 Å². The number of carboxylic acids is 2. The Morgan fingerprint density at radius 1 is 0.703 bits per heavy atom. The molecule has 0 aliphatic carbocycles. The van der Waals surface area contributed by atoms with Crippen LogP contribution < -0.4 is 26.3 Å². The number of aliphatic carboxylic acids is 2. The first-order valence-electron chi connectivity index (χ1n) is 12.0. The molecule has 4 aromatic rings. The maximum absolute atomic E-state index is 9.00. The second-order valence-electron chi connectivity index (χ2n) is 8.42. The smallest absolute Gasteiger partial charge is 0.300 e. The summed E-state index contributed by atoms with van der Waals surface area (Å²) in [5, 5.41) is 24.3. The third kappa shape index (κ3) is 9.55. The van der Waals surface area contributed by atoms with Crippen LogP contribution in [-0.4, -0.2) is 29.2 Å². The molecule has 192 valence electrons. The summed E-state index contributed by atoms with van der Waals surface area (Å²) in [7, 11) is -1.81. The minimum absolute atomic E-state index is 0.325. The monoisotopic (exact) mass is 515 g/mol. The second kappa shape index (κ2) is 15.2. The number of anilines is 1. The Bertz CT molecular complexity index is 1090. The highest BCUT2D eigenvalue weighted by Crippen LogP contribution is 2.55. The molecular weight excluding hydrogens is 481 g/mol. The number of hydrogen-bond donors (Lipinski definition) is 2. The molecule has 4 aromatic carbocycles. The fraction of sp³-hybridized carbons (Fsp3) is 0.161. The topological polar surface area (TPSA) is 89.5 Å². The molecule has 5 nitrogen and oxygen atoms in total. The Morgan fingerprint density at radius 2 is 0.973 bits per heavy atom. The van der Waals surface area contributed by atoms with Crippen LogP contribution in [0.4, 0.5) is 5.69 Å². The van der Waals surface area contributed by atoms with E-state index in [2.05, 4.69) is 134 Å². The lowest BCUT2D eigenvalue weighted by molar-refractivity contribution is -0.302. The average molecular weight is 516 g/mol. The summed E-state index contributed by atoms with van der Waals surface area (Å²) in [5.74, 6) is -1.92. The second-order valence-corrected chi connectivity index (χ2v) is 12.0. The largest absolute Gasteiger partial charge is 0.550 e. The molecule has 0 saturated heterocycles. The van der Waals surface area contributed by atoms with E-state index < -0.39 is 19.2 Å². The Morgan fingerprint density at radius 3 is 1.27 bits per heavy atom. The SMILES string of the molecule is CC(=O)O.CC(=O)[O-].CC(C[P+](c1ccccc1)(c1ccccc1)c1ccccc1)Nc1ccccc1. The highest BCUT2D eigenvalue weighted by atomic mass is 31.2. The lowest BCUT2D eigenvalue weighted by Gasteiger charge is -2.30. The summed E-state index contributed by atoms with van der Waals surface area (Å²) < 4.78 is 0. The lowest BCUT2D eigenvalue weighted by atomic mass is 10.3. The predicted octanol–water partition coefficient (Wildman–Crippen LogP) is 4.33. The van der Waals surface area contributed by atoms with E-state index >= 15 is 0 Å². The van der Waals surface area contributed by atoms with Gasteiger partial charge in [0, 0.05) is 18.6 Å². The third-order valence-electron chi connectivity index (χ3n) is 5.33. The Labute approximate surface area is 220 Å². The molecular formula is C31H34NO4P. The Balaban J connectivity index is 0.000000530.